The van der Waals surface area contributed by atoms with Gasteiger partial charge in [0.05, 0.1) is 33.9 Å². The third kappa shape index (κ3) is 5.90. The lowest BCUT2D eigenvalue weighted by atomic mass is 9.82. The average molecular weight is 494 g/mol. The smallest absolute Gasteiger partial charge is 0.337 e. The van der Waals surface area contributed by atoms with E-state index >= 15 is 0 Å². The van der Waals surface area contributed by atoms with E-state index < -0.39 is 11.9 Å². The molecule has 3 rings (SSSR count). The molecule has 0 aliphatic carbocycles. The van der Waals surface area contributed by atoms with Gasteiger partial charge >= 0.3 is 5.97 Å². The van der Waals surface area contributed by atoms with Crippen molar-refractivity contribution in [2.45, 2.75) is 19.8 Å². The molecular weight excluding hydrogens is 470 g/mol. The van der Waals surface area contributed by atoms with Gasteiger partial charge < -0.3 is 15.4 Å². The number of hydrogen-bond donors (Lipinski definition) is 2. The highest BCUT2D eigenvalue weighted by Crippen LogP contribution is 2.43. The highest BCUT2D eigenvalue weighted by atomic mass is 35.5. The van der Waals surface area contributed by atoms with Crippen LogP contribution in [0.15, 0.2) is 83.1 Å². The first kappa shape index (κ1) is 25.2. The standard InChI is InChI=1S/C26H24ClN3O3S/c1-4-13-33-26(32)23-17(3)29-25(20(14-28)24(23)19-7-5-6-8-21(19)27)34-15-22(31)30-18-11-9-16(2)10-12-18/h4-12,24,29H,1,13,15H2,2-3H3,(H,30,31)/t24-/m0/s1. The second-order valence-corrected chi connectivity index (χ2v) is 8.96. The number of allylic oxidation sites excluding steroid dienone is 2. The SMILES string of the molecule is C=CCOC(=O)C1=C(C)NC(SCC(=O)Nc2ccc(C)cc2)=C(C#N)[C@@H]1c1ccccc1Cl. The van der Waals surface area contributed by atoms with Gasteiger partial charge in [-0.25, -0.2) is 4.79 Å². The van der Waals surface area contributed by atoms with Crippen LogP contribution in [0.2, 0.25) is 5.02 Å². The summed E-state index contributed by atoms with van der Waals surface area (Å²) in [5.41, 5.74) is 3.50. The Morgan fingerprint density at radius 3 is 2.59 bits per heavy atom. The highest BCUT2D eigenvalue weighted by molar-refractivity contribution is 8.03. The Morgan fingerprint density at radius 2 is 1.94 bits per heavy atom. The summed E-state index contributed by atoms with van der Waals surface area (Å²) in [6, 6.07) is 16.8. The number of carbonyl (C=O) groups is 2. The van der Waals surface area contributed by atoms with E-state index in [4.69, 9.17) is 16.3 Å². The first-order chi connectivity index (χ1) is 16.3. The van der Waals surface area contributed by atoms with Gasteiger partial charge in [-0.2, -0.15) is 5.26 Å². The number of aryl methyl sites for hydroxylation is 1. The van der Waals surface area contributed by atoms with Crippen molar-refractivity contribution in [3.05, 3.63) is 99.2 Å². The van der Waals surface area contributed by atoms with Crippen LogP contribution in [0.4, 0.5) is 5.69 Å². The summed E-state index contributed by atoms with van der Waals surface area (Å²) in [4.78, 5) is 25.4. The molecule has 34 heavy (non-hydrogen) atoms. The predicted molar refractivity (Wildman–Crippen MR) is 136 cm³/mol. The Kier molecular flexibility index (Phi) is 8.58. The lowest BCUT2D eigenvalue weighted by molar-refractivity contribution is -0.138. The number of amides is 1. The molecular formula is C26H24ClN3O3S. The number of ether oxygens (including phenoxy) is 1. The summed E-state index contributed by atoms with van der Waals surface area (Å²) in [5, 5.41) is 17.0. The molecule has 0 saturated carbocycles. The summed E-state index contributed by atoms with van der Waals surface area (Å²) in [6.45, 7) is 7.31. The van der Waals surface area contributed by atoms with Crippen LogP contribution in [0.25, 0.3) is 0 Å². The van der Waals surface area contributed by atoms with E-state index in [1.165, 1.54) is 17.8 Å². The van der Waals surface area contributed by atoms with Gasteiger partial charge in [-0.1, -0.05) is 71.9 Å². The van der Waals surface area contributed by atoms with Crippen LogP contribution in [0, 0.1) is 18.3 Å². The minimum atomic E-state index is -0.736. The van der Waals surface area contributed by atoms with E-state index in [9.17, 15) is 14.9 Å². The van der Waals surface area contributed by atoms with E-state index in [2.05, 4.69) is 23.3 Å². The Morgan fingerprint density at radius 1 is 1.24 bits per heavy atom. The molecule has 8 heteroatoms. The molecule has 0 bridgehead atoms. The molecule has 6 nitrogen and oxygen atoms in total. The molecule has 2 aromatic carbocycles. The molecule has 0 unspecified atom stereocenters. The molecule has 1 heterocycles. The van der Waals surface area contributed by atoms with Crippen molar-refractivity contribution in [3.63, 3.8) is 0 Å². The number of rotatable bonds is 8. The summed E-state index contributed by atoms with van der Waals surface area (Å²) < 4.78 is 5.29. The number of anilines is 1. The number of dihydropyridines is 1. The van der Waals surface area contributed by atoms with Crippen molar-refractivity contribution in [3.8, 4) is 6.07 Å². The molecule has 1 aliphatic rings. The van der Waals surface area contributed by atoms with Gasteiger partial charge in [0.25, 0.3) is 0 Å². The summed E-state index contributed by atoms with van der Waals surface area (Å²) in [7, 11) is 0. The number of halogens is 1. The van der Waals surface area contributed by atoms with E-state index in [0.717, 1.165) is 5.56 Å². The third-order valence-electron chi connectivity index (χ3n) is 5.10. The Labute approximate surface area is 208 Å². The molecule has 2 N–H and O–H groups in total. The molecule has 0 fully saturated rings. The molecule has 2 aromatic rings. The molecule has 1 aliphatic heterocycles. The fourth-order valence-corrected chi connectivity index (χ4v) is 4.64. The van der Waals surface area contributed by atoms with Gasteiger partial charge in [-0.05, 0) is 37.6 Å². The Bertz CT molecular complexity index is 1210. The normalized spacial score (nSPS) is 15.3. The maximum atomic E-state index is 12.9. The highest BCUT2D eigenvalue weighted by Gasteiger charge is 2.36. The number of nitrogens with zero attached hydrogens (tertiary/aromatic N) is 1. The minimum absolute atomic E-state index is 0.0389. The van der Waals surface area contributed by atoms with Crippen molar-refractivity contribution in [2.75, 3.05) is 17.7 Å². The van der Waals surface area contributed by atoms with Gasteiger partial charge in [-0.3, -0.25) is 4.79 Å². The van der Waals surface area contributed by atoms with Gasteiger partial charge in [-0.15, -0.1) is 0 Å². The zero-order chi connectivity index (χ0) is 24.7. The fraction of sp³-hybridized carbons (Fsp3) is 0.192. The minimum Gasteiger partial charge on any atom is -0.458 e. The number of nitriles is 1. The monoisotopic (exact) mass is 493 g/mol. The number of carbonyl (C=O) groups excluding carboxylic acids is 2. The molecule has 1 amide bonds. The molecule has 0 spiro atoms. The van der Waals surface area contributed by atoms with Crippen LogP contribution in [0.3, 0.4) is 0 Å². The van der Waals surface area contributed by atoms with Crippen molar-refractivity contribution in [2.24, 2.45) is 0 Å². The van der Waals surface area contributed by atoms with Crippen LogP contribution < -0.4 is 10.6 Å². The predicted octanol–water partition coefficient (Wildman–Crippen LogP) is 5.45. The van der Waals surface area contributed by atoms with E-state index in [-0.39, 0.29) is 23.8 Å². The fourth-order valence-electron chi connectivity index (χ4n) is 3.50. The van der Waals surface area contributed by atoms with Crippen LogP contribution in [0.5, 0.6) is 0 Å². The van der Waals surface area contributed by atoms with Crippen LogP contribution >= 0.6 is 23.4 Å². The lowest BCUT2D eigenvalue weighted by Crippen LogP contribution is -2.29. The van der Waals surface area contributed by atoms with Gasteiger partial charge in [0, 0.05) is 16.4 Å². The van der Waals surface area contributed by atoms with Crippen LogP contribution in [-0.2, 0) is 14.3 Å². The average Bonchev–Trinajstić information content (AvgIpc) is 2.82. The first-order valence-corrected chi connectivity index (χ1v) is 11.9. The second-order valence-electron chi connectivity index (χ2n) is 7.56. The van der Waals surface area contributed by atoms with Crippen LogP contribution in [-0.4, -0.2) is 24.2 Å². The van der Waals surface area contributed by atoms with Crippen LogP contribution in [0.1, 0.15) is 24.0 Å². The molecule has 0 saturated heterocycles. The number of hydrogen-bond acceptors (Lipinski definition) is 6. The van der Waals surface area contributed by atoms with Gasteiger partial charge in [0.15, 0.2) is 0 Å². The quantitative estimate of drug-likeness (QED) is 0.375. The lowest BCUT2D eigenvalue weighted by Gasteiger charge is -2.29. The Hall–Kier alpha value is -3.47. The van der Waals surface area contributed by atoms with Crippen molar-refractivity contribution < 1.29 is 14.3 Å². The second kappa shape index (κ2) is 11.6. The van der Waals surface area contributed by atoms with Gasteiger partial charge in [0.2, 0.25) is 5.91 Å². The molecule has 0 radical (unpaired) electrons. The van der Waals surface area contributed by atoms with E-state index in [0.29, 0.717) is 32.6 Å². The maximum Gasteiger partial charge on any atom is 0.337 e. The molecule has 174 valence electrons. The van der Waals surface area contributed by atoms with E-state index in [1.54, 1.807) is 31.2 Å². The summed E-state index contributed by atoms with van der Waals surface area (Å²) >= 11 is 7.65. The van der Waals surface area contributed by atoms with Crippen molar-refractivity contribution in [1.29, 1.82) is 5.26 Å². The third-order valence-corrected chi connectivity index (χ3v) is 6.46. The number of esters is 1. The molecule has 0 aromatic heterocycles. The topological polar surface area (TPSA) is 91.2 Å². The van der Waals surface area contributed by atoms with Crippen molar-refractivity contribution in [1.82, 2.24) is 5.32 Å². The zero-order valence-corrected chi connectivity index (χ0v) is 20.4. The Balaban J connectivity index is 1.91. The molecule has 1 atom stereocenters. The number of benzene rings is 2. The summed E-state index contributed by atoms with van der Waals surface area (Å²) in [6.07, 6.45) is 1.48. The summed E-state index contributed by atoms with van der Waals surface area (Å²) in [5.74, 6) is -1.45. The van der Waals surface area contributed by atoms with Gasteiger partial charge in [0.1, 0.15) is 6.61 Å². The maximum absolute atomic E-state index is 12.9. The first-order valence-electron chi connectivity index (χ1n) is 10.5. The zero-order valence-electron chi connectivity index (χ0n) is 18.9. The number of nitrogens with one attached hydrogen (secondary N) is 2. The number of thioether (sulfide) groups is 1. The largest absolute Gasteiger partial charge is 0.458 e. The van der Waals surface area contributed by atoms with Crippen molar-refractivity contribution >= 4 is 40.9 Å². The van der Waals surface area contributed by atoms with E-state index in [1.807, 2.05) is 31.2 Å².